The van der Waals surface area contributed by atoms with Crippen LogP contribution in [0.4, 0.5) is 10.5 Å². The maximum atomic E-state index is 13.6. The van der Waals surface area contributed by atoms with Crippen molar-refractivity contribution in [2.75, 3.05) is 18.0 Å². The monoisotopic (exact) mass is 587 g/mol. The van der Waals surface area contributed by atoms with Gasteiger partial charge in [-0.15, -0.1) is 0 Å². The van der Waals surface area contributed by atoms with E-state index < -0.39 is 42.6 Å². The van der Waals surface area contributed by atoms with Gasteiger partial charge in [0.2, 0.25) is 5.91 Å². The van der Waals surface area contributed by atoms with E-state index in [0.29, 0.717) is 44.3 Å². The number of unbranched alkanes of at least 4 members (excludes halogenated alkanes) is 1. The Balaban J connectivity index is 1.35. The van der Waals surface area contributed by atoms with Crippen molar-refractivity contribution >= 4 is 29.6 Å². The van der Waals surface area contributed by atoms with E-state index in [2.05, 4.69) is 10.6 Å². The molecule has 0 unspecified atom stereocenters. The summed E-state index contributed by atoms with van der Waals surface area (Å²) in [5.41, 5.74) is 3.16. The van der Waals surface area contributed by atoms with E-state index in [1.54, 1.807) is 12.1 Å². The van der Waals surface area contributed by atoms with Gasteiger partial charge in [-0.1, -0.05) is 78.9 Å². The van der Waals surface area contributed by atoms with Gasteiger partial charge in [0.1, 0.15) is 25.8 Å². The van der Waals surface area contributed by atoms with Crippen molar-refractivity contribution in [3.63, 3.8) is 0 Å². The molecule has 2 atom stereocenters. The van der Waals surface area contributed by atoms with Crippen molar-refractivity contribution in [1.29, 1.82) is 0 Å². The minimum absolute atomic E-state index is 0.0852. The highest BCUT2D eigenvalue weighted by Gasteiger charge is 2.34. The van der Waals surface area contributed by atoms with E-state index >= 15 is 0 Å². The number of nitrogens with zero attached hydrogens (tertiary/aromatic N) is 1. The average Bonchev–Trinajstić information content (AvgIpc) is 3.15. The Labute approximate surface area is 251 Å². The normalized spacial score (nSPS) is 15.1. The molecule has 0 bridgehead atoms. The molecule has 226 valence electrons. The highest BCUT2D eigenvalue weighted by molar-refractivity contribution is 6.02. The van der Waals surface area contributed by atoms with Crippen LogP contribution in [0.2, 0.25) is 0 Å². The van der Waals surface area contributed by atoms with E-state index in [4.69, 9.17) is 9.47 Å². The number of carbonyl (C=O) groups excluding carboxylic acids is 3. The molecule has 3 aromatic rings. The SMILES string of the molecule is O=C(O)CN1C(=O)[C@@H](N[C@@H](CCCCNC(=O)OCc2ccccc2)C(=O)OCc2ccccc2)CCc2ccccc21. The lowest BCUT2D eigenvalue weighted by Gasteiger charge is -2.27. The van der Waals surface area contributed by atoms with Crippen LogP contribution in [0.5, 0.6) is 0 Å². The van der Waals surface area contributed by atoms with Crippen LogP contribution < -0.4 is 15.5 Å². The molecule has 0 saturated heterocycles. The number of amides is 2. The molecule has 1 aliphatic rings. The summed E-state index contributed by atoms with van der Waals surface area (Å²) < 4.78 is 10.8. The van der Waals surface area contributed by atoms with Crippen LogP contribution in [0, 0.1) is 0 Å². The summed E-state index contributed by atoms with van der Waals surface area (Å²) in [4.78, 5) is 51.8. The molecule has 3 aromatic carbocycles. The fourth-order valence-corrected chi connectivity index (χ4v) is 4.95. The van der Waals surface area contributed by atoms with Crippen LogP contribution in [0.3, 0.4) is 0 Å². The Morgan fingerprint density at radius 2 is 1.49 bits per heavy atom. The Morgan fingerprint density at radius 1 is 0.860 bits per heavy atom. The van der Waals surface area contributed by atoms with Gasteiger partial charge in [-0.05, 0) is 54.9 Å². The minimum Gasteiger partial charge on any atom is -0.480 e. The summed E-state index contributed by atoms with van der Waals surface area (Å²) in [6.45, 7) is 0.124. The van der Waals surface area contributed by atoms with E-state index in [9.17, 15) is 24.3 Å². The fraction of sp³-hybridized carbons (Fsp3) is 0.333. The molecular formula is C33H37N3O7. The summed E-state index contributed by atoms with van der Waals surface area (Å²) >= 11 is 0. The molecule has 2 amide bonds. The topological polar surface area (TPSA) is 134 Å². The number of aliphatic carboxylic acids is 1. The second-order valence-corrected chi connectivity index (χ2v) is 10.3. The second kappa shape index (κ2) is 16.1. The Hall–Kier alpha value is -4.70. The lowest BCUT2D eigenvalue weighted by atomic mass is 10.0. The van der Waals surface area contributed by atoms with Crippen molar-refractivity contribution in [2.45, 2.75) is 57.4 Å². The second-order valence-electron chi connectivity index (χ2n) is 10.3. The molecule has 0 fully saturated rings. The fourth-order valence-electron chi connectivity index (χ4n) is 4.95. The van der Waals surface area contributed by atoms with Crippen LogP contribution >= 0.6 is 0 Å². The zero-order chi connectivity index (χ0) is 30.4. The third-order valence-corrected chi connectivity index (χ3v) is 7.15. The number of hydrogen-bond acceptors (Lipinski definition) is 7. The molecule has 0 radical (unpaired) electrons. The highest BCUT2D eigenvalue weighted by atomic mass is 16.5. The number of fused-ring (bicyclic) bond motifs is 1. The van der Waals surface area contributed by atoms with Crippen LogP contribution in [0.1, 0.15) is 42.4 Å². The molecule has 10 nitrogen and oxygen atoms in total. The summed E-state index contributed by atoms with van der Waals surface area (Å²) in [5.74, 6) is -2.04. The standard InChI is InChI=1S/C33H37N3O7/c37-30(38)21-36-29-17-8-7-15-26(29)18-19-27(31(36)39)35-28(32(40)42-22-24-11-3-1-4-12-24)16-9-10-20-34-33(41)43-23-25-13-5-2-6-14-25/h1-8,11-15,17,27-28,35H,9-10,16,18-23H2,(H,34,41)(H,37,38)/t27-,28-/m0/s1. The van der Waals surface area contributed by atoms with Crippen LogP contribution in [-0.4, -0.2) is 54.2 Å². The lowest BCUT2D eigenvalue weighted by Crippen LogP contribution is -2.53. The van der Waals surface area contributed by atoms with Gasteiger partial charge in [0, 0.05) is 12.2 Å². The van der Waals surface area contributed by atoms with Gasteiger partial charge in [-0.3, -0.25) is 24.6 Å². The van der Waals surface area contributed by atoms with Crippen LogP contribution in [0.15, 0.2) is 84.9 Å². The zero-order valence-corrected chi connectivity index (χ0v) is 23.9. The summed E-state index contributed by atoms with van der Waals surface area (Å²) in [5, 5.41) is 15.4. The van der Waals surface area contributed by atoms with Crippen LogP contribution in [0.25, 0.3) is 0 Å². The smallest absolute Gasteiger partial charge is 0.407 e. The molecule has 0 saturated carbocycles. The first kappa shape index (κ1) is 31.2. The lowest BCUT2D eigenvalue weighted by molar-refractivity contribution is -0.148. The first-order valence-electron chi connectivity index (χ1n) is 14.4. The quantitative estimate of drug-likeness (QED) is 0.189. The van der Waals surface area contributed by atoms with Crippen molar-refractivity contribution in [3.8, 4) is 0 Å². The first-order chi connectivity index (χ1) is 20.9. The number of carbonyl (C=O) groups is 4. The number of esters is 1. The van der Waals surface area contributed by atoms with Crippen molar-refractivity contribution in [2.24, 2.45) is 0 Å². The number of alkyl carbamates (subject to hydrolysis) is 1. The van der Waals surface area contributed by atoms with Gasteiger partial charge < -0.3 is 19.9 Å². The number of ether oxygens (including phenoxy) is 2. The van der Waals surface area contributed by atoms with Crippen molar-refractivity contribution in [3.05, 3.63) is 102 Å². The van der Waals surface area contributed by atoms with Crippen molar-refractivity contribution < 1.29 is 33.8 Å². The molecule has 3 N–H and O–H groups in total. The Kier molecular flexibility index (Phi) is 11.7. The Morgan fingerprint density at radius 3 is 2.16 bits per heavy atom. The summed E-state index contributed by atoms with van der Waals surface area (Å²) in [6, 6.07) is 24.3. The van der Waals surface area contributed by atoms with Crippen LogP contribution in [-0.2, 0) is 43.5 Å². The molecular weight excluding hydrogens is 550 g/mol. The number of aryl methyl sites for hydroxylation is 1. The van der Waals surface area contributed by atoms with E-state index in [1.165, 1.54) is 4.90 Å². The Bertz CT molecular complexity index is 1370. The minimum atomic E-state index is -1.13. The third-order valence-electron chi connectivity index (χ3n) is 7.15. The summed E-state index contributed by atoms with van der Waals surface area (Å²) in [7, 11) is 0. The predicted octanol–water partition coefficient (Wildman–Crippen LogP) is 4.22. The number of anilines is 1. The predicted molar refractivity (Wildman–Crippen MR) is 160 cm³/mol. The molecule has 1 aliphatic heterocycles. The van der Waals surface area contributed by atoms with E-state index in [-0.39, 0.29) is 13.2 Å². The van der Waals surface area contributed by atoms with Gasteiger partial charge in [0.25, 0.3) is 0 Å². The van der Waals surface area contributed by atoms with Gasteiger partial charge in [-0.25, -0.2) is 4.79 Å². The molecule has 4 rings (SSSR count). The molecule has 43 heavy (non-hydrogen) atoms. The van der Waals surface area contributed by atoms with E-state index in [1.807, 2.05) is 72.8 Å². The number of para-hydroxylation sites is 1. The van der Waals surface area contributed by atoms with Gasteiger partial charge in [-0.2, -0.15) is 0 Å². The largest absolute Gasteiger partial charge is 0.480 e. The molecule has 0 aliphatic carbocycles. The third kappa shape index (κ3) is 9.68. The molecule has 0 spiro atoms. The number of nitrogens with one attached hydrogen (secondary N) is 2. The van der Waals surface area contributed by atoms with Gasteiger partial charge in [0.05, 0.1) is 6.04 Å². The summed E-state index contributed by atoms with van der Waals surface area (Å²) in [6.07, 6.45) is 1.88. The van der Waals surface area contributed by atoms with Gasteiger partial charge >= 0.3 is 18.0 Å². The molecule has 0 aromatic heterocycles. The molecule has 1 heterocycles. The number of benzene rings is 3. The number of rotatable bonds is 14. The zero-order valence-electron chi connectivity index (χ0n) is 23.9. The number of carboxylic acid groups (broad SMARTS) is 1. The highest BCUT2D eigenvalue weighted by Crippen LogP contribution is 2.27. The first-order valence-corrected chi connectivity index (χ1v) is 14.4. The maximum Gasteiger partial charge on any atom is 0.407 e. The number of hydrogen-bond donors (Lipinski definition) is 3. The number of carboxylic acids is 1. The van der Waals surface area contributed by atoms with Crippen molar-refractivity contribution in [1.82, 2.24) is 10.6 Å². The molecule has 10 heteroatoms. The van der Waals surface area contributed by atoms with Gasteiger partial charge in [0.15, 0.2) is 0 Å². The van der Waals surface area contributed by atoms with E-state index in [0.717, 1.165) is 16.7 Å². The average molecular weight is 588 g/mol. The maximum absolute atomic E-state index is 13.6.